The molecule has 6 heteroatoms. The Balaban J connectivity index is 1.97. The van der Waals surface area contributed by atoms with Crippen LogP contribution in [0.4, 0.5) is 0 Å². The number of aromatic hydroxyl groups is 2. The van der Waals surface area contributed by atoms with E-state index in [1.165, 1.54) is 0 Å². The highest BCUT2D eigenvalue weighted by molar-refractivity contribution is 5.93. The second-order valence-electron chi connectivity index (χ2n) is 8.76. The van der Waals surface area contributed by atoms with Crippen molar-refractivity contribution in [1.82, 2.24) is 0 Å². The highest BCUT2D eigenvalue weighted by atomic mass is 16.3. The average Bonchev–Trinajstić information content (AvgIpc) is 2.69. The van der Waals surface area contributed by atoms with Crippen LogP contribution in [0.25, 0.3) is 0 Å². The number of hydrogen-bond donors (Lipinski definition) is 2. The first-order valence-electron chi connectivity index (χ1n) is 10.4. The fourth-order valence-electron chi connectivity index (χ4n) is 3.34. The van der Waals surface area contributed by atoms with Crippen LogP contribution in [0, 0.1) is 19.3 Å². The molecule has 6 nitrogen and oxygen atoms in total. The molecule has 3 rings (SSSR count). The first-order valence-corrected chi connectivity index (χ1v) is 10.4. The van der Waals surface area contributed by atoms with Crippen molar-refractivity contribution in [1.29, 1.82) is 0 Å². The second-order valence-corrected chi connectivity index (χ2v) is 8.76. The molecule has 0 spiro atoms. The van der Waals surface area contributed by atoms with E-state index in [1.807, 2.05) is 38.1 Å². The lowest BCUT2D eigenvalue weighted by Crippen LogP contribution is -2.20. The topological polar surface area (TPSA) is 89.9 Å². The van der Waals surface area contributed by atoms with Gasteiger partial charge in [0, 0.05) is 65.6 Å². The van der Waals surface area contributed by atoms with Gasteiger partial charge in [-0.05, 0) is 49.2 Å². The van der Waals surface area contributed by atoms with E-state index in [-0.39, 0.29) is 16.9 Å². The highest BCUT2D eigenvalue weighted by Crippen LogP contribution is 2.24. The molecule has 1 heterocycles. The van der Waals surface area contributed by atoms with Crippen LogP contribution >= 0.6 is 0 Å². The van der Waals surface area contributed by atoms with Gasteiger partial charge < -0.3 is 10.2 Å². The fraction of sp³-hybridized carbons (Fsp3) is 0.360. The molecule has 2 N–H and O–H groups in total. The molecule has 0 radical (unpaired) electrons. The molecule has 162 valence electrons. The van der Waals surface area contributed by atoms with E-state index in [4.69, 9.17) is 0 Å². The standard InChI is InChI=1S/C25H30N4O2/c1-17-7-19-11-26-5-6-27-12-20-8-18(2)10-22(24(20)31)14-29-16-25(3,4)15-28-13-21(9-17)23(19)30/h7-14,30-31H,5-6,15-16H2,1-4H3. The molecule has 0 unspecified atom stereocenters. The minimum atomic E-state index is -0.177. The second kappa shape index (κ2) is 9.69. The molecule has 0 saturated carbocycles. The van der Waals surface area contributed by atoms with Gasteiger partial charge in [0.2, 0.25) is 0 Å². The van der Waals surface area contributed by atoms with Crippen molar-refractivity contribution in [2.75, 3.05) is 26.2 Å². The summed E-state index contributed by atoms with van der Waals surface area (Å²) in [6, 6.07) is 7.61. The zero-order chi connectivity index (χ0) is 22.4. The van der Waals surface area contributed by atoms with E-state index in [1.54, 1.807) is 24.9 Å². The molecule has 31 heavy (non-hydrogen) atoms. The number of hydrogen-bond acceptors (Lipinski definition) is 6. The third kappa shape index (κ3) is 6.10. The number of aliphatic imine (C=N–C) groups is 4. The van der Waals surface area contributed by atoms with Crippen molar-refractivity contribution in [2.45, 2.75) is 27.7 Å². The van der Waals surface area contributed by atoms with Crippen LogP contribution in [0.2, 0.25) is 0 Å². The minimum absolute atomic E-state index is 0.173. The van der Waals surface area contributed by atoms with Gasteiger partial charge in [0.15, 0.2) is 0 Å². The Labute approximate surface area is 183 Å². The Morgan fingerprint density at radius 3 is 1.29 bits per heavy atom. The van der Waals surface area contributed by atoms with Crippen molar-refractivity contribution in [3.63, 3.8) is 0 Å². The maximum atomic E-state index is 10.6. The van der Waals surface area contributed by atoms with Gasteiger partial charge in [-0.1, -0.05) is 13.8 Å². The number of rotatable bonds is 0. The predicted octanol–water partition coefficient (Wildman–Crippen LogP) is 4.13. The van der Waals surface area contributed by atoms with E-state index < -0.39 is 0 Å². The molecule has 4 bridgehead atoms. The molecule has 0 saturated heterocycles. The van der Waals surface area contributed by atoms with Crippen LogP contribution in [-0.2, 0) is 0 Å². The molecule has 2 aromatic rings. The predicted molar refractivity (Wildman–Crippen MR) is 129 cm³/mol. The number of phenolic OH excluding ortho intramolecular Hbond substituents is 2. The van der Waals surface area contributed by atoms with Crippen LogP contribution < -0.4 is 0 Å². The van der Waals surface area contributed by atoms with Crippen molar-refractivity contribution in [2.24, 2.45) is 25.4 Å². The lowest BCUT2D eigenvalue weighted by atomic mass is 9.94. The summed E-state index contributed by atoms with van der Waals surface area (Å²) in [5.74, 6) is 0.346. The SMILES string of the molecule is Cc1cc2c(O)c(c1)C=NCC(C)(C)CN=Cc1cc(C)cc(c1O)C=NCCN=C2. The molecule has 0 atom stereocenters. The van der Waals surface area contributed by atoms with E-state index >= 15 is 0 Å². The summed E-state index contributed by atoms with van der Waals surface area (Å²) in [6.45, 7) is 10.2. The summed E-state index contributed by atoms with van der Waals surface area (Å²) in [5.41, 5.74) is 4.54. The van der Waals surface area contributed by atoms with Crippen molar-refractivity contribution < 1.29 is 10.2 Å². The number of phenols is 2. The van der Waals surface area contributed by atoms with Gasteiger partial charge in [-0.3, -0.25) is 20.0 Å². The third-order valence-corrected chi connectivity index (χ3v) is 4.94. The Hall–Kier alpha value is -3.28. The van der Waals surface area contributed by atoms with Crippen LogP contribution in [0.15, 0.2) is 44.2 Å². The monoisotopic (exact) mass is 418 g/mol. The molecular formula is C25H30N4O2. The zero-order valence-corrected chi connectivity index (χ0v) is 18.6. The number of benzene rings is 2. The summed E-state index contributed by atoms with van der Waals surface area (Å²) < 4.78 is 0. The molecule has 0 fully saturated rings. The maximum Gasteiger partial charge on any atom is 0.133 e. The smallest absolute Gasteiger partial charge is 0.133 e. The molecule has 1 aliphatic rings. The van der Waals surface area contributed by atoms with Crippen molar-refractivity contribution in [3.05, 3.63) is 57.6 Å². The Morgan fingerprint density at radius 1 is 0.613 bits per heavy atom. The molecule has 2 aromatic carbocycles. The number of nitrogens with zero attached hydrogens (tertiary/aromatic N) is 4. The largest absolute Gasteiger partial charge is 0.507 e. The fourth-order valence-corrected chi connectivity index (χ4v) is 3.34. The molecular weight excluding hydrogens is 388 g/mol. The van der Waals surface area contributed by atoms with E-state index in [0.29, 0.717) is 48.4 Å². The van der Waals surface area contributed by atoms with Gasteiger partial charge in [0.05, 0.1) is 13.1 Å². The van der Waals surface area contributed by atoms with Crippen molar-refractivity contribution >= 4 is 24.9 Å². The van der Waals surface area contributed by atoms with Gasteiger partial charge in [-0.15, -0.1) is 0 Å². The summed E-state index contributed by atoms with van der Waals surface area (Å²) >= 11 is 0. The Kier molecular flexibility index (Phi) is 7.00. The van der Waals surface area contributed by atoms with Crippen molar-refractivity contribution in [3.8, 4) is 11.5 Å². The van der Waals surface area contributed by atoms with E-state index in [0.717, 1.165) is 11.1 Å². The number of aryl methyl sites for hydroxylation is 2. The van der Waals surface area contributed by atoms with Crippen LogP contribution in [0.5, 0.6) is 11.5 Å². The van der Waals surface area contributed by atoms with Crippen LogP contribution in [-0.4, -0.2) is 61.3 Å². The first-order chi connectivity index (χ1) is 14.7. The first kappa shape index (κ1) is 22.4. The molecule has 0 amide bonds. The van der Waals surface area contributed by atoms with E-state index in [2.05, 4.69) is 33.8 Å². The van der Waals surface area contributed by atoms with Gasteiger partial charge >= 0.3 is 0 Å². The summed E-state index contributed by atoms with van der Waals surface area (Å²) in [5, 5.41) is 21.2. The van der Waals surface area contributed by atoms with Gasteiger partial charge in [-0.2, -0.15) is 0 Å². The van der Waals surface area contributed by atoms with Gasteiger partial charge in [-0.25, -0.2) is 0 Å². The van der Waals surface area contributed by atoms with Gasteiger partial charge in [0.25, 0.3) is 0 Å². The lowest BCUT2D eigenvalue weighted by Gasteiger charge is -2.19. The summed E-state index contributed by atoms with van der Waals surface area (Å²) in [7, 11) is 0. The lowest BCUT2D eigenvalue weighted by molar-refractivity contribution is 0.396. The normalized spacial score (nSPS) is 16.5. The molecule has 0 aliphatic carbocycles. The van der Waals surface area contributed by atoms with Crippen LogP contribution in [0.1, 0.15) is 47.2 Å². The van der Waals surface area contributed by atoms with Crippen LogP contribution in [0.3, 0.4) is 0 Å². The average molecular weight is 419 g/mol. The number of fused-ring (bicyclic) bond motifs is 4. The van der Waals surface area contributed by atoms with E-state index in [9.17, 15) is 10.2 Å². The third-order valence-electron chi connectivity index (χ3n) is 4.94. The summed E-state index contributed by atoms with van der Waals surface area (Å²) in [6.07, 6.45) is 6.76. The minimum Gasteiger partial charge on any atom is -0.507 e. The Morgan fingerprint density at radius 2 is 0.935 bits per heavy atom. The van der Waals surface area contributed by atoms with Gasteiger partial charge in [0.1, 0.15) is 11.5 Å². The molecule has 1 aliphatic heterocycles. The maximum absolute atomic E-state index is 10.6. The zero-order valence-electron chi connectivity index (χ0n) is 18.6. The summed E-state index contributed by atoms with van der Waals surface area (Å²) in [4.78, 5) is 17.9. The Bertz CT molecular complexity index is 982. The molecule has 0 aromatic heterocycles. The quantitative estimate of drug-likeness (QED) is 0.673. The highest BCUT2D eigenvalue weighted by Gasteiger charge is 2.16.